The molecule has 100 valence electrons. The average molecular weight is 276 g/mol. The van der Waals surface area contributed by atoms with Gasteiger partial charge in [0.2, 0.25) is 0 Å². The van der Waals surface area contributed by atoms with Gasteiger partial charge in [-0.25, -0.2) is 4.79 Å². The van der Waals surface area contributed by atoms with Gasteiger partial charge in [0.1, 0.15) is 4.88 Å². The van der Waals surface area contributed by atoms with Crippen LogP contribution >= 0.6 is 11.3 Å². The maximum atomic E-state index is 11.6. The van der Waals surface area contributed by atoms with Crippen LogP contribution in [0.15, 0.2) is 18.3 Å². The van der Waals surface area contributed by atoms with Crippen LogP contribution in [0.4, 0.5) is 0 Å². The number of hydrogen-bond acceptors (Lipinski definition) is 4. The molecule has 0 atom stereocenters. The van der Waals surface area contributed by atoms with Crippen molar-refractivity contribution in [2.24, 2.45) is 7.05 Å². The molecule has 0 aliphatic heterocycles. The molecule has 0 saturated carbocycles. The van der Waals surface area contributed by atoms with Crippen LogP contribution in [-0.4, -0.2) is 22.9 Å². The lowest BCUT2D eigenvalue weighted by Gasteiger charge is -2.02. The highest BCUT2D eigenvalue weighted by atomic mass is 32.1. The van der Waals surface area contributed by atoms with Gasteiger partial charge in [-0.3, -0.25) is 4.68 Å². The molecule has 0 radical (unpaired) electrons. The summed E-state index contributed by atoms with van der Waals surface area (Å²) < 4.78 is 6.59. The minimum Gasteiger partial charge on any atom is -0.465 e. The molecular formula is C14H16N2O2S. The normalized spacial score (nSPS) is 11.2. The van der Waals surface area contributed by atoms with Gasteiger partial charge >= 0.3 is 5.97 Å². The summed E-state index contributed by atoms with van der Waals surface area (Å²) in [5, 5.41) is 4.28. The zero-order chi connectivity index (χ0) is 14.0. The average Bonchev–Trinajstić information content (AvgIpc) is 2.93. The van der Waals surface area contributed by atoms with E-state index in [0.717, 1.165) is 21.7 Å². The van der Waals surface area contributed by atoms with Gasteiger partial charge in [0.25, 0.3) is 0 Å². The molecule has 0 aliphatic rings. The molecule has 0 spiro atoms. The molecule has 0 bridgehead atoms. The molecule has 2 aromatic rings. The third kappa shape index (κ3) is 2.46. The lowest BCUT2D eigenvalue weighted by atomic mass is 10.1. The van der Waals surface area contributed by atoms with Gasteiger partial charge in [-0.05, 0) is 19.9 Å². The zero-order valence-corrected chi connectivity index (χ0v) is 12.2. The van der Waals surface area contributed by atoms with Gasteiger partial charge in [0, 0.05) is 23.1 Å². The number of carbonyl (C=O) groups excluding carboxylic acids is 1. The van der Waals surface area contributed by atoms with Crippen LogP contribution in [0.1, 0.15) is 27.0 Å². The molecule has 0 unspecified atom stereocenters. The Labute approximate surface area is 116 Å². The lowest BCUT2D eigenvalue weighted by Crippen LogP contribution is -1.97. The van der Waals surface area contributed by atoms with Gasteiger partial charge in [-0.2, -0.15) is 5.10 Å². The van der Waals surface area contributed by atoms with E-state index in [4.69, 9.17) is 4.74 Å². The van der Waals surface area contributed by atoms with Crippen LogP contribution in [0.2, 0.25) is 0 Å². The molecule has 0 N–H and O–H groups in total. The quantitative estimate of drug-likeness (QED) is 0.808. The summed E-state index contributed by atoms with van der Waals surface area (Å²) in [5.74, 6) is -0.297. The van der Waals surface area contributed by atoms with E-state index in [0.29, 0.717) is 4.88 Å². The molecule has 2 aromatic heterocycles. The molecule has 0 fully saturated rings. The van der Waals surface area contributed by atoms with Crippen molar-refractivity contribution in [3.05, 3.63) is 33.7 Å². The second-order valence-corrected chi connectivity index (χ2v) is 5.40. The fourth-order valence-electron chi connectivity index (χ4n) is 2.00. The van der Waals surface area contributed by atoms with Crippen LogP contribution in [0.3, 0.4) is 0 Å². The first-order valence-electron chi connectivity index (χ1n) is 5.92. The Bertz CT molecular complexity index is 638. The van der Waals surface area contributed by atoms with Gasteiger partial charge in [-0.15, -0.1) is 11.3 Å². The number of methoxy groups -OCH3 is 1. The van der Waals surface area contributed by atoms with Crippen LogP contribution in [0.5, 0.6) is 0 Å². The number of carbonyl (C=O) groups is 1. The van der Waals surface area contributed by atoms with E-state index in [-0.39, 0.29) is 5.97 Å². The van der Waals surface area contributed by atoms with Gasteiger partial charge in [-0.1, -0.05) is 12.2 Å². The van der Waals surface area contributed by atoms with Crippen LogP contribution in [-0.2, 0) is 11.8 Å². The van der Waals surface area contributed by atoms with Crippen molar-refractivity contribution in [2.75, 3.05) is 7.11 Å². The summed E-state index contributed by atoms with van der Waals surface area (Å²) >= 11 is 1.44. The highest BCUT2D eigenvalue weighted by Gasteiger charge is 2.17. The lowest BCUT2D eigenvalue weighted by molar-refractivity contribution is 0.0606. The number of hydrogen-bond donors (Lipinski definition) is 0. The van der Waals surface area contributed by atoms with Crippen molar-refractivity contribution in [3.8, 4) is 11.3 Å². The Balaban J connectivity index is 2.56. The van der Waals surface area contributed by atoms with Crippen molar-refractivity contribution in [1.82, 2.24) is 9.78 Å². The molecule has 5 heteroatoms. The van der Waals surface area contributed by atoms with Crippen LogP contribution in [0.25, 0.3) is 17.3 Å². The second kappa shape index (κ2) is 5.40. The zero-order valence-electron chi connectivity index (χ0n) is 11.4. The van der Waals surface area contributed by atoms with Crippen LogP contribution < -0.4 is 0 Å². The highest BCUT2D eigenvalue weighted by molar-refractivity contribution is 7.14. The van der Waals surface area contributed by atoms with E-state index < -0.39 is 0 Å². The monoisotopic (exact) mass is 276 g/mol. The third-order valence-electron chi connectivity index (χ3n) is 2.87. The summed E-state index contributed by atoms with van der Waals surface area (Å²) in [6.45, 7) is 3.97. The molecule has 0 aliphatic carbocycles. The minimum absolute atomic E-state index is 0.297. The highest BCUT2D eigenvalue weighted by Crippen LogP contribution is 2.33. The molecule has 0 amide bonds. The number of aryl methyl sites for hydroxylation is 2. The van der Waals surface area contributed by atoms with E-state index in [1.54, 1.807) is 0 Å². The maximum Gasteiger partial charge on any atom is 0.348 e. The molecule has 4 nitrogen and oxygen atoms in total. The number of thiophene rings is 1. The van der Waals surface area contributed by atoms with Gasteiger partial charge in [0.15, 0.2) is 0 Å². The fourth-order valence-corrected chi connectivity index (χ4v) is 2.94. The number of rotatable bonds is 3. The Morgan fingerprint density at radius 2 is 2.26 bits per heavy atom. The Morgan fingerprint density at radius 3 is 2.89 bits per heavy atom. The van der Waals surface area contributed by atoms with Crippen molar-refractivity contribution in [1.29, 1.82) is 0 Å². The van der Waals surface area contributed by atoms with E-state index in [1.165, 1.54) is 18.4 Å². The maximum absolute atomic E-state index is 11.6. The fraction of sp³-hybridized carbons (Fsp3) is 0.286. The first-order valence-corrected chi connectivity index (χ1v) is 6.74. The smallest absolute Gasteiger partial charge is 0.348 e. The predicted molar refractivity (Wildman–Crippen MR) is 77.3 cm³/mol. The Morgan fingerprint density at radius 1 is 1.53 bits per heavy atom. The summed E-state index contributed by atoms with van der Waals surface area (Å²) in [6, 6.07) is 1.87. The van der Waals surface area contributed by atoms with E-state index >= 15 is 0 Å². The summed E-state index contributed by atoms with van der Waals surface area (Å²) in [6.07, 6.45) is 5.81. The van der Waals surface area contributed by atoms with Crippen molar-refractivity contribution >= 4 is 23.4 Å². The number of esters is 1. The molecule has 0 aromatic carbocycles. The van der Waals surface area contributed by atoms with Crippen molar-refractivity contribution < 1.29 is 9.53 Å². The minimum atomic E-state index is -0.297. The second-order valence-electron chi connectivity index (χ2n) is 4.14. The summed E-state index contributed by atoms with van der Waals surface area (Å²) in [7, 11) is 3.30. The topological polar surface area (TPSA) is 44.1 Å². The molecule has 0 saturated heterocycles. The van der Waals surface area contributed by atoms with Gasteiger partial charge < -0.3 is 4.74 Å². The number of aromatic nitrogens is 2. The number of nitrogens with zero attached hydrogens (tertiary/aromatic N) is 2. The van der Waals surface area contributed by atoms with Crippen molar-refractivity contribution in [3.63, 3.8) is 0 Å². The molecule has 19 heavy (non-hydrogen) atoms. The first kappa shape index (κ1) is 13.5. The van der Waals surface area contributed by atoms with E-state index in [9.17, 15) is 4.79 Å². The number of ether oxygens (including phenoxy) is 1. The summed E-state index contributed by atoms with van der Waals surface area (Å²) in [4.78, 5) is 13.3. The van der Waals surface area contributed by atoms with Gasteiger partial charge in [0.05, 0.1) is 19.0 Å². The molecule has 2 heterocycles. The van der Waals surface area contributed by atoms with Crippen molar-refractivity contribution in [2.45, 2.75) is 13.8 Å². The number of allylic oxidation sites excluding steroid dienone is 1. The molecular weight excluding hydrogens is 260 g/mol. The first-order chi connectivity index (χ1) is 9.08. The Hall–Kier alpha value is -1.88. The van der Waals surface area contributed by atoms with E-state index in [2.05, 4.69) is 5.10 Å². The predicted octanol–water partition coefficient (Wildman–Crippen LogP) is 3.28. The SMILES string of the molecule is C/C=C\c1cnn(C)c1-c1cc(C(=O)OC)sc1C. The largest absolute Gasteiger partial charge is 0.465 e. The van der Waals surface area contributed by atoms with E-state index in [1.807, 2.05) is 50.0 Å². The standard InChI is InChI=1S/C14H16N2O2S/c1-5-6-10-8-15-16(3)13(10)11-7-12(14(17)18-4)19-9(11)2/h5-8H,1-4H3/b6-5-. The van der Waals surface area contributed by atoms with Crippen LogP contribution in [0, 0.1) is 6.92 Å². The third-order valence-corrected chi connectivity index (χ3v) is 3.90. The summed E-state index contributed by atoms with van der Waals surface area (Å²) in [5.41, 5.74) is 3.09. The molecule has 2 rings (SSSR count). The Kier molecular flexibility index (Phi) is 3.85.